The van der Waals surface area contributed by atoms with Gasteiger partial charge in [0.2, 0.25) is 11.9 Å². The number of amides is 1. The summed E-state index contributed by atoms with van der Waals surface area (Å²) >= 11 is 0. The van der Waals surface area contributed by atoms with Gasteiger partial charge in [-0.1, -0.05) is 12.1 Å². The normalized spacial score (nSPS) is 17.5. The molecule has 4 N–H and O–H groups in total. The van der Waals surface area contributed by atoms with Crippen molar-refractivity contribution < 1.29 is 18.0 Å². The summed E-state index contributed by atoms with van der Waals surface area (Å²) in [4.78, 5) is 30.1. The molecule has 2 aromatic rings. The van der Waals surface area contributed by atoms with Crippen LogP contribution >= 0.6 is 0 Å². The molecule has 1 aliphatic heterocycles. The number of benzene rings is 1. The molecule has 1 amide bonds. The fourth-order valence-electron chi connectivity index (χ4n) is 2.58. The summed E-state index contributed by atoms with van der Waals surface area (Å²) < 4.78 is 37.9. The number of halogens is 3. The van der Waals surface area contributed by atoms with Crippen molar-refractivity contribution in [1.29, 1.82) is 0 Å². The zero-order chi connectivity index (χ0) is 16.8. The Morgan fingerprint density at radius 2 is 1.83 bits per heavy atom. The standard InChI is InChI=1S/C14H11F3N4O2/c15-14(16,17)7-3-1-6(2-4-7)8-5-9(22)19-11-10(8)12(23)21-13(18)20-11/h1-4,8H,5H2,(H4,18,19,20,21,22,23)/t8-/m0/s1. The van der Waals surface area contributed by atoms with Crippen LogP contribution in [0.5, 0.6) is 0 Å². The topological polar surface area (TPSA) is 101 Å². The highest BCUT2D eigenvalue weighted by molar-refractivity contribution is 5.94. The molecule has 23 heavy (non-hydrogen) atoms. The number of hydrogen-bond donors (Lipinski definition) is 3. The van der Waals surface area contributed by atoms with Crippen LogP contribution in [0.15, 0.2) is 29.1 Å². The zero-order valence-electron chi connectivity index (χ0n) is 11.6. The number of nitrogens with two attached hydrogens (primary N) is 1. The summed E-state index contributed by atoms with van der Waals surface area (Å²) in [6, 6.07) is 4.35. The van der Waals surface area contributed by atoms with Gasteiger partial charge in [-0.3, -0.25) is 14.6 Å². The number of aromatic nitrogens is 2. The maximum Gasteiger partial charge on any atom is 0.416 e. The highest BCUT2D eigenvalue weighted by Gasteiger charge is 2.33. The Hall–Kier alpha value is -2.84. The Morgan fingerprint density at radius 1 is 1.17 bits per heavy atom. The van der Waals surface area contributed by atoms with Crippen molar-refractivity contribution in [2.24, 2.45) is 0 Å². The summed E-state index contributed by atoms with van der Waals surface area (Å²) in [6.45, 7) is 0. The molecule has 1 atom stereocenters. The van der Waals surface area contributed by atoms with E-state index in [1.165, 1.54) is 12.1 Å². The number of H-pyrrole nitrogens is 1. The summed E-state index contributed by atoms with van der Waals surface area (Å²) in [5.41, 5.74) is 4.71. The van der Waals surface area contributed by atoms with Gasteiger partial charge < -0.3 is 11.1 Å². The lowest BCUT2D eigenvalue weighted by Gasteiger charge is -2.24. The predicted octanol–water partition coefficient (Wildman–Crippen LogP) is 1.84. The number of hydrogen-bond acceptors (Lipinski definition) is 4. The summed E-state index contributed by atoms with van der Waals surface area (Å²) in [5.74, 6) is -1.19. The molecule has 0 saturated carbocycles. The molecular formula is C14H11F3N4O2. The van der Waals surface area contributed by atoms with Gasteiger partial charge in [-0.2, -0.15) is 18.2 Å². The number of carbonyl (C=O) groups excluding carboxylic acids is 1. The van der Waals surface area contributed by atoms with Crippen molar-refractivity contribution in [3.8, 4) is 0 Å². The minimum absolute atomic E-state index is 0.0346. The van der Waals surface area contributed by atoms with Crippen molar-refractivity contribution in [3.05, 3.63) is 51.3 Å². The quantitative estimate of drug-likeness (QED) is 0.745. The number of nitrogens with one attached hydrogen (secondary N) is 2. The van der Waals surface area contributed by atoms with E-state index in [1.807, 2.05) is 0 Å². The average Bonchev–Trinajstić information content (AvgIpc) is 2.44. The van der Waals surface area contributed by atoms with Gasteiger partial charge in [0, 0.05) is 12.3 Å². The number of alkyl halides is 3. The van der Waals surface area contributed by atoms with Crippen molar-refractivity contribution in [1.82, 2.24) is 9.97 Å². The van der Waals surface area contributed by atoms with Crippen LogP contribution < -0.4 is 16.6 Å². The van der Waals surface area contributed by atoms with E-state index in [2.05, 4.69) is 15.3 Å². The van der Waals surface area contributed by atoms with E-state index in [0.717, 1.165) is 12.1 Å². The lowest BCUT2D eigenvalue weighted by atomic mass is 9.86. The molecule has 0 spiro atoms. The molecule has 0 radical (unpaired) electrons. The molecule has 1 aromatic carbocycles. The van der Waals surface area contributed by atoms with E-state index in [0.29, 0.717) is 5.56 Å². The molecule has 1 aliphatic rings. The van der Waals surface area contributed by atoms with Gasteiger partial charge in [-0.25, -0.2) is 0 Å². The van der Waals surface area contributed by atoms with E-state index in [4.69, 9.17) is 5.73 Å². The van der Waals surface area contributed by atoms with Crippen LogP contribution in [0.25, 0.3) is 0 Å². The van der Waals surface area contributed by atoms with E-state index >= 15 is 0 Å². The van der Waals surface area contributed by atoms with Crippen LogP contribution in [0.3, 0.4) is 0 Å². The zero-order valence-corrected chi connectivity index (χ0v) is 11.6. The van der Waals surface area contributed by atoms with Crippen LogP contribution in [-0.2, 0) is 11.0 Å². The number of carbonyl (C=O) groups is 1. The molecule has 9 heteroatoms. The largest absolute Gasteiger partial charge is 0.416 e. The van der Waals surface area contributed by atoms with Gasteiger partial charge in [0.15, 0.2) is 0 Å². The van der Waals surface area contributed by atoms with Crippen molar-refractivity contribution in [2.75, 3.05) is 11.1 Å². The Morgan fingerprint density at radius 3 is 2.43 bits per heavy atom. The number of fused-ring (bicyclic) bond motifs is 1. The lowest BCUT2D eigenvalue weighted by Crippen LogP contribution is -2.31. The average molecular weight is 324 g/mol. The van der Waals surface area contributed by atoms with Crippen LogP contribution in [0, 0.1) is 0 Å². The Bertz CT molecular complexity index is 827. The highest BCUT2D eigenvalue weighted by Crippen LogP contribution is 2.35. The van der Waals surface area contributed by atoms with E-state index in [9.17, 15) is 22.8 Å². The van der Waals surface area contributed by atoms with Gasteiger partial charge in [0.05, 0.1) is 11.1 Å². The maximum atomic E-state index is 12.6. The van der Waals surface area contributed by atoms with Crippen molar-refractivity contribution in [2.45, 2.75) is 18.5 Å². The monoisotopic (exact) mass is 324 g/mol. The molecule has 0 aliphatic carbocycles. The molecule has 120 valence electrons. The second-order valence-corrected chi connectivity index (χ2v) is 5.14. The number of nitrogens with zero attached hydrogens (tertiary/aromatic N) is 1. The first kappa shape index (κ1) is 15.1. The van der Waals surface area contributed by atoms with E-state index < -0.39 is 23.2 Å². The van der Waals surface area contributed by atoms with Gasteiger partial charge in [-0.05, 0) is 17.7 Å². The Balaban J connectivity index is 2.08. The third-order valence-electron chi connectivity index (χ3n) is 3.61. The minimum Gasteiger partial charge on any atom is -0.369 e. The minimum atomic E-state index is -4.45. The first-order chi connectivity index (χ1) is 10.8. The first-order valence-corrected chi connectivity index (χ1v) is 6.62. The van der Waals surface area contributed by atoms with Crippen LogP contribution in [0.2, 0.25) is 0 Å². The Kier molecular flexibility index (Phi) is 3.35. The molecule has 0 saturated heterocycles. The molecule has 2 heterocycles. The molecular weight excluding hydrogens is 313 g/mol. The fraction of sp³-hybridized carbons (Fsp3) is 0.214. The second kappa shape index (κ2) is 5.11. The third-order valence-corrected chi connectivity index (χ3v) is 3.61. The van der Waals surface area contributed by atoms with Gasteiger partial charge in [0.1, 0.15) is 5.82 Å². The maximum absolute atomic E-state index is 12.6. The summed E-state index contributed by atoms with van der Waals surface area (Å²) in [6.07, 6.45) is -4.51. The summed E-state index contributed by atoms with van der Waals surface area (Å²) in [7, 11) is 0. The number of nitrogen functional groups attached to an aromatic ring is 1. The number of aromatic amines is 1. The van der Waals surface area contributed by atoms with Crippen molar-refractivity contribution in [3.63, 3.8) is 0 Å². The van der Waals surface area contributed by atoms with Gasteiger partial charge in [0.25, 0.3) is 5.56 Å². The van der Waals surface area contributed by atoms with E-state index in [-0.39, 0.29) is 29.7 Å². The first-order valence-electron chi connectivity index (χ1n) is 6.62. The molecule has 0 unspecified atom stereocenters. The van der Waals surface area contributed by atoms with Crippen LogP contribution in [0.1, 0.15) is 29.0 Å². The van der Waals surface area contributed by atoms with E-state index in [1.54, 1.807) is 0 Å². The van der Waals surface area contributed by atoms with Crippen molar-refractivity contribution >= 4 is 17.7 Å². The molecule has 3 rings (SSSR count). The van der Waals surface area contributed by atoms with Gasteiger partial charge in [-0.15, -0.1) is 0 Å². The van der Waals surface area contributed by atoms with Crippen LogP contribution in [0.4, 0.5) is 24.9 Å². The number of rotatable bonds is 1. The molecule has 6 nitrogen and oxygen atoms in total. The second-order valence-electron chi connectivity index (χ2n) is 5.14. The highest BCUT2D eigenvalue weighted by atomic mass is 19.4. The SMILES string of the molecule is Nc1nc2c(c(=O)[nH]1)[C@H](c1ccc(C(F)(F)F)cc1)CC(=O)N2. The summed E-state index contributed by atoms with van der Waals surface area (Å²) in [5, 5.41) is 2.45. The van der Waals surface area contributed by atoms with Gasteiger partial charge >= 0.3 is 6.18 Å². The predicted molar refractivity (Wildman–Crippen MR) is 75.8 cm³/mol. The third kappa shape index (κ3) is 2.77. The molecule has 0 bridgehead atoms. The Labute approximate surface area is 127 Å². The van der Waals surface area contributed by atoms with Crippen LogP contribution in [-0.4, -0.2) is 15.9 Å². The molecule has 0 fully saturated rings. The smallest absolute Gasteiger partial charge is 0.369 e. The lowest BCUT2D eigenvalue weighted by molar-refractivity contribution is -0.137. The number of anilines is 2. The molecule has 1 aromatic heterocycles. The fourth-order valence-corrected chi connectivity index (χ4v) is 2.58.